The quantitative estimate of drug-likeness (QED) is 0.919. The summed E-state index contributed by atoms with van der Waals surface area (Å²) in [6, 6.07) is 17.5. The van der Waals surface area contributed by atoms with Crippen molar-refractivity contribution in [1.29, 1.82) is 5.26 Å². The van der Waals surface area contributed by atoms with E-state index in [0.717, 1.165) is 21.7 Å². The van der Waals surface area contributed by atoms with Crippen LogP contribution in [0.2, 0.25) is 5.02 Å². The molecular weight excluding hydrogens is 258 g/mol. The topological polar surface area (TPSA) is 44.0 Å². The molecule has 0 aliphatic rings. The summed E-state index contributed by atoms with van der Waals surface area (Å²) in [5.41, 5.74) is 3.05. The predicted molar refractivity (Wildman–Crippen MR) is 76.8 cm³/mol. The average molecular weight is 272 g/mol. The van der Waals surface area contributed by atoms with E-state index in [2.05, 4.69) is 0 Å². The van der Waals surface area contributed by atoms with Crippen molar-refractivity contribution in [2.75, 3.05) is 0 Å². The third-order valence-corrected chi connectivity index (χ3v) is 3.27. The summed E-state index contributed by atoms with van der Waals surface area (Å²) >= 11 is 6.15. The largest absolute Gasteiger partial charge is 0.392 e. The minimum Gasteiger partial charge on any atom is -0.392 e. The highest BCUT2D eigenvalue weighted by Crippen LogP contribution is 2.27. The van der Waals surface area contributed by atoms with E-state index in [9.17, 15) is 5.11 Å². The lowest BCUT2D eigenvalue weighted by atomic mass is 10.0. The molecule has 19 heavy (non-hydrogen) atoms. The molecule has 96 valence electrons. The first-order chi connectivity index (χ1) is 9.20. The highest BCUT2D eigenvalue weighted by molar-refractivity contribution is 6.33. The van der Waals surface area contributed by atoms with Crippen LogP contribution in [0.15, 0.2) is 48.5 Å². The molecule has 3 heteroatoms. The van der Waals surface area contributed by atoms with E-state index in [1.165, 1.54) is 0 Å². The van der Waals surface area contributed by atoms with Crippen molar-refractivity contribution in [2.24, 2.45) is 0 Å². The van der Waals surface area contributed by atoms with Crippen LogP contribution < -0.4 is 0 Å². The van der Waals surface area contributed by atoms with Crippen LogP contribution in [0.1, 0.15) is 12.0 Å². The Hall–Kier alpha value is -1.82. The molecule has 0 heterocycles. The summed E-state index contributed by atoms with van der Waals surface area (Å²) in [5, 5.41) is 18.8. The molecule has 0 amide bonds. The van der Waals surface area contributed by atoms with Gasteiger partial charge in [-0.2, -0.15) is 5.26 Å². The Morgan fingerprint density at radius 3 is 2.42 bits per heavy atom. The molecule has 2 aromatic rings. The molecule has 0 aromatic heterocycles. The minimum atomic E-state index is -0.601. The predicted octanol–water partition coefficient (Wildman–Crippen LogP) is 3.82. The lowest BCUT2D eigenvalue weighted by Crippen LogP contribution is -2.08. The molecule has 1 atom stereocenters. The minimum absolute atomic E-state index is 0.159. The van der Waals surface area contributed by atoms with Gasteiger partial charge in [-0.25, -0.2) is 0 Å². The van der Waals surface area contributed by atoms with Crippen LogP contribution in [0.25, 0.3) is 11.1 Å². The van der Waals surface area contributed by atoms with Crippen LogP contribution in [0.3, 0.4) is 0 Å². The van der Waals surface area contributed by atoms with Crippen LogP contribution in [-0.2, 0) is 6.42 Å². The Labute approximate surface area is 117 Å². The fourth-order valence-corrected chi connectivity index (χ4v) is 2.21. The number of halogens is 1. The standard InChI is InChI=1S/C16H14ClNO/c17-16-4-2-1-3-15(16)13-7-5-12(6-8-13)11-14(19)9-10-18/h1-8,14,19H,9,11H2/t14-/m1/s1. The number of rotatable bonds is 4. The van der Waals surface area contributed by atoms with E-state index in [4.69, 9.17) is 16.9 Å². The van der Waals surface area contributed by atoms with Crippen molar-refractivity contribution >= 4 is 11.6 Å². The van der Waals surface area contributed by atoms with Gasteiger partial charge in [0.05, 0.1) is 18.6 Å². The molecule has 2 aromatic carbocycles. The van der Waals surface area contributed by atoms with Gasteiger partial charge in [-0.15, -0.1) is 0 Å². The molecule has 1 N–H and O–H groups in total. The van der Waals surface area contributed by atoms with Gasteiger partial charge in [-0.05, 0) is 23.6 Å². The first-order valence-electron chi connectivity index (χ1n) is 6.09. The number of nitriles is 1. The van der Waals surface area contributed by atoms with Crippen LogP contribution in [0.5, 0.6) is 0 Å². The Morgan fingerprint density at radius 1 is 1.11 bits per heavy atom. The van der Waals surface area contributed by atoms with Crippen molar-refractivity contribution in [3.8, 4) is 17.2 Å². The van der Waals surface area contributed by atoms with Gasteiger partial charge in [-0.3, -0.25) is 0 Å². The third-order valence-electron chi connectivity index (χ3n) is 2.94. The summed E-state index contributed by atoms with van der Waals surface area (Å²) in [4.78, 5) is 0. The second-order valence-corrected chi connectivity index (χ2v) is 4.80. The number of benzene rings is 2. The van der Waals surface area contributed by atoms with Crippen LogP contribution in [0.4, 0.5) is 0 Å². The van der Waals surface area contributed by atoms with E-state index in [1.807, 2.05) is 54.6 Å². The molecule has 0 radical (unpaired) electrons. The second-order valence-electron chi connectivity index (χ2n) is 4.40. The maximum absolute atomic E-state index is 9.59. The summed E-state index contributed by atoms with van der Waals surface area (Å²) in [7, 11) is 0. The van der Waals surface area contributed by atoms with Crippen molar-refractivity contribution in [2.45, 2.75) is 18.9 Å². The molecule has 0 fully saturated rings. The number of nitrogens with zero attached hydrogens (tertiary/aromatic N) is 1. The van der Waals surface area contributed by atoms with Gasteiger partial charge in [0, 0.05) is 10.6 Å². The molecular formula is C16H14ClNO. The van der Waals surface area contributed by atoms with Gasteiger partial charge >= 0.3 is 0 Å². The SMILES string of the molecule is N#CC[C@@H](O)Cc1ccc(-c2ccccc2Cl)cc1. The van der Waals surface area contributed by atoms with Gasteiger partial charge in [-0.1, -0.05) is 54.1 Å². The highest BCUT2D eigenvalue weighted by atomic mass is 35.5. The molecule has 2 nitrogen and oxygen atoms in total. The zero-order valence-electron chi connectivity index (χ0n) is 10.4. The molecule has 0 saturated carbocycles. The fourth-order valence-electron chi connectivity index (χ4n) is 1.97. The van der Waals surface area contributed by atoms with Gasteiger partial charge in [0.1, 0.15) is 0 Å². The maximum atomic E-state index is 9.59. The first kappa shape index (κ1) is 13.6. The van der Waals surface area contributed by atoms with Gasteiger partial charge in [0.2, 0.25) is 0 Å². The van der Waals surface area contributed by atoms with Crippen LogP contribution in [-0.4, -0.2) is 11.2 Å². The van der Waals surface area contributed by atoms with Gasteiger partial charge in [0.15, 0.2) is 0 Å². The number of aliphatic hydroxyl groups excluding tert-OH is 1. The Morgan fingerprint density at radius 2 is 1.79 bits per heavy atom. The van der Waals surface area contributed by atoms with E-state index < -0.39 is 6.10 Å². The third kappa shape index (κ3) is 3.57. The lowest BCUT2D eigenvalue weighted by molar-refractivity contribution is 0.180. The van der Waals surface area contributed by atoms with Crippen molar-refractivity contribution < 1.29 is 5.11 Å². The highest BCUT2D eigenvalue weighted by Gasteiger charge is 2.06. The average Bonchev–Trinajstić information content (AvgIpc) is 2.41. The van der Waals surface area contributed by atoms with Crippen molar-refractivity contribution in [3.05, 3.63) is 59.1 Å². The zero-order valence-corrected chi connectivity index (χ0v) is 11.1. The summed E-state index contributed by atoms with van der Waals surface area (Å²) < 4.78 is 0. The van der Waals surface area contributed by atoms with Crippen LogP contribution >= 0.6 is 11.6 Å². The zero-order chi connectivity index (χ0) is 13.7. The van der Waals surface area contributed by atoms with Gasteiger partial charge < -0.3 is 5.11 Å². The number of hydrogen-bond acceptors (Lipinski definition) is 2. The summed E-state index contributed by atoms with van der Waals surface area (Å²) in [6.45, 7) is 0. The Kier molecular flexibility index (Phi) is 4.57. The molecule has 0 saturated heterocycles. The normalized spacial score (nSPS) is 11.8. The lowest BCUT2D eigenvalue weighted by Gasteiger charge is -2.08. The number of aliphatic hydroxyl groups is 1. The Bertz CT molecular complexity index is 586. The molecule has 2 rings (SSSR count). The monoisotopic (exact) mass is 271 g/mol. The number of hydrogen-bond donors (Lipinski definition) is 1. The Balaban J connectivity index is 2.15. The smallest absolute Gasteiger partial charge is 0.0710 e. The first-order valence-corrected chi connectivity index (χ1v) is 6.47. The second kappa shape index (κ2) is 6.38. The molecule has 0 aliphatic heterocycles. The van der Waals surface area contributed by atoms with Crippen LogP contribution in [0, 0.1) is 11.3 Å². The van der Waals surface area contributed by atoms with Gasteiger partial charge in [0.25, 0.3) is 0 Å². The van der Waals surface area contributed by atoms with E-state index in [-0.39, 0.29) is 6.42 Å². The fraction of sp³-hybridized carbons (Fsp3) is 0.188. The molecule has 0 aliphatic carbocycles. The maximum Gasteiger partial charge on any atom is 0.0710 e. The van der Waals surface area contributed by atoms with E-state index in [0.29, 0.717) is 6.42 Å². The summed E-state index contributed by atoms with van der Waals surface area (Å²) in [6.07, 6.45) is 0.0546. The molecule has 0 spiro atoms. The van der Waals surface area contributed by atoms with E-state index in [1.54, 1.807) is 0 Å². The van der Waals surface area contributed by atoms with E-state index >= 15 is 0 Å². The molecule has 0 unspecified atom stereocenters. The van der Waals surface area contributed by atoms with Crippen molar-refractivity contribution in [3.63, 3.8) is 0 Å². The van der Waals surface area contributed by atoms with Crippen molar-refractivity contribution in [1.82, 2.24) is 0 Å². The molecule has 0 bridgehead atoms. The summed E-state index contributed by atoms with van der Waals surface area (Å²) in [5.74, 6) is 0.